The van der Waals surface area contributed by atoms with Crippen molar-refractivity contribution in [3.05, 3.63) is 0 Å². The Morgan fingerprint density at radius 3 is 2.73 bits per heavy atom. The highest BCUT2D eigenvalue weighted by Crippen LogP contribution is 2.34. The number of carboxylic acids is 1. The molecule has 1 atom stereocenters. The van der Waals surface area contributed by atoms with Crippen LogP contribution in [0.2, 0.25) is 0 Å². The zero-order chi connectivity index (χ0) is 8.27. The Labute approximate surface area is 66.4 Å². The Hall–Kier alpha value is -0.570. The van der Waals surface area contributed by atoms with Gasteiger partial charge in [0.05, 0.1) is 0 Å². The average Bonchev–Trinajstić information content (AvgIpc) is 2.71. The van der Waals surface area contributed by atoms with Gasteiger partial charge < -0.3 is 9.84 Å². The summed E-state index contributed by atoms with van der Waals surface area (Å²) in [6.45, 7) is 2.54. The smallest absolute Gasteiger partial charge is 0.333 e. The van der Waals surface area contributed by atoms with Gasteiger partial charge in [-0.3, -0.25) is 0 Å². The second-order valence-electron chi connectivity index (χ2n) is 2.97. The molecular formula is C8H14O3. The topological polar surface area (TPSA) is 46.5 Å². The number of aliphatic carboxylic acids is 1. The Kier molecular flexibility index (Phi) is 2.88. The van der Waals surface area contributed by atoms with Gasteiger partial charge in [0.15, 0.2) is 6.10 Å². The first-order valence-electron chi connectivity index (χ1n) is 4.10. The van der Waals surface area contributed by atoms with E-state index in [0.29, 0.717) is 12.5 Å². The lowest BCUT2D eigenvalue weighted by Gasteiger charge is -2.10. The molecule has 1 aliphatic carbocycles. The summed E-state index contributed by atoms with van der Waals surface area (Å²) in [5, 5.41) is 8.69. The lowest BCUT2D eigenvalue weighted by molar-refractivity contribution is -0.151. The van der Waals surface area contributed by atoms with Crippen LogP contribution < -0.4 is 0 Å². The number of hydrogen-bond acceptors (Lipinski definition) is 2. The van der Waals surface area contributed by atoms with E-state index in [9.17, 15) is 4.79 Å². The fourth-order valence-corrected chi connectivity index (χ4v) is 1.05. The Balaban J connectivity index is 2.26. The van der Waals surface area contributed by atoms with Crippen LogP contribution in [0.15, 0.2) is 0 Å². The van der Waals surface area contributed by atoms with Gasteiger partial charge in [-0.15, -0.1) is 0 Å². The van der Waals surface area contributed by atoms with E-state index in [1.165, 1.54) is 0 Å². The number of carbonyl (C=O) groups is 1. The highest BCUT2D eigenvalue weighted by molar-refractivity contribution is 5.73. The van der Waals surface area contributed by atoms with Gasteiger partial charge in [0.1, 0.15) is 0 Å². The van der Waals surface area contributed by atoms with Gasteiger partial charge >= 0.3 is 5.97 Å². The summed E-state index contributed by atoms with van der Waals surface area (Å²) in [5.74, 6) is -0.514. The molecule has 3 heteroatoms. The van der Waals surface area contributed by atoms with Crippen LogP contribution in [0.25, 0.3) is 0 Å². The first-order chi connectivity index (χ1) is 5.25. The average molecular weight is 158 g/mol. The minimum absolute atomic E-state index is 0.291. The van der Waals surface area contributed by atoms with Crippen molar-refractivity contribution in [3.63, 3.8) is 0 Å². The molecule has 1 fully saturated rings. The third kappa shape index (κ3) is 2.50. The van der Waals surface area contributed by atoms with Crippen molar-refractivity contribution in [3.8, 4) is 0 Å². The number of carboxylic acid groups (broad SMARTS) is 1. The summed E-state index contributed by atoms with van der Waals surface area (Å²) >= 11 is 0. The number of hydrogen-bond donors (Lipinski definition) is 1. The molecule has 1 aliphatic rings. The van der Waals surface area contributed by atoms with Gasteiger partial charge in [0.2, 0.25) is 0 Å². The standard InChI is InChI=1S/C8H14O3/c1-2-5-11-7(8(9)10)6-3-4-6/h6-7H,2-5H2,1H3,(H,9,10). The van der Waals surface area contributed by atoms with Crippen molar-refractivity contribution in [1.29, 1.82) is 0 Å². The molecule has 0 aromatic heterocycles. The fraction of sp³-hybridized carbons (Fsp3) is 0.875. The van der Waals surface area contributed by atoms with Gasteiger partial charge in [-0.2, -0.15) is 0 Å². The van der Waals surface area contributed by atoms with Crippen LogP contribution in [-0.2, 0) is 9.53 Å². The molecule has 0 aromatic rings. The molecule has 0 aliphatic heterocycles. The summed E-state index contributed by atoms with van der Waals surface area (Å²) in [5.41, 5.74) is 0. The molecule has 1 unspecified atom stereocenters. The van der Waals surface area contributed by atoms with Gasteiger partial charge in [0, 0.05) is 6.61 Å². The van der Waals surface area contributed by atoms with Crippen molar-refractivity contribution in [2.45, 2.75) is 32.3 Å². The second kappa shape index (κ2) is 3.72. The zero-order valence-corrected chi connectivity index (χ0v) is 6.75. The normalized spacial score (nSPS) is 19.7. The molecule has 1 N–H and O–H groups in total. The molecule has 1 rings (SSSR count). The van der Waals surface area contributed by atoms with Crippen LogP contribution >= 0.6 is 0 Å². The predicted molar refractivity (Wildman–Crippen MR) is 40.4 cm³/mol. The van der Waals surface area contributed by atoms with Crippen LogP contribution in [-0.4, -0.2) is 23.8 Å². The number of rotatable bonds is 5. The monoisotopic (exact) mass is 158 g/mol. The molecule has 0 aromatic carbocycles. The third-order valence-electron chi connectivity index (χ3n) is 1.80. The van der Waals surface area contributed by atoms with Crippen LogP contribution in [0.5, 0.6) is 0 Å². The van der Waals surface area contributed by atoms with Crippen LogP contribution in [0.4, 0.5) is 0 Å². The Morgan fingerprint density at radius 1 is 1.73 bits per heavy atom. The van der Waals surface area contributed by atoms with Crippen LogP contribution in [0.3, 0.4) is 0 Å². The highest BCUT2D eigenvalue weighted by Gasteiger charge is 2.36. The minimum Gasteiger partial charge on any atom is -0.479 e. The molecule has 0 spiro atoms. The summed E-state index contributed by atoms with van der Waals surface area (Å²) < 4.78 is 5.18. The van der Waals surface area contributed by atoms with Crippen molar-refractivity contribution in [2.24, 2.45) is 5.92 Å². The molecule has 0 saturated heterocycles. The Morgan fingerprint density at radius 2 is 2.36 bits per heavy atom. The van der Waals surface area contributed by atoms with Crippen molar-refractivity contribution >= 4 is 5.97 Å². The molecule has 0 heterocycles. The second-order valence-corrected chi connectivity index (χ2v) is 2.97. The third-order valence-corrected chi connectivity index (χ3v) is 1.80. The maximum atomic E-state index is 10.6. The molecule has 64 valence electrons. The van der Waals surface area contributed by atoms with Crippen molar-refractivity contribution < 1.29 is 14.6 Å². The van der Waals surface area contributed by atoms with E-state index < -0.39 is 12.1 Å². The largest absolute Gasteiger partial charge is 0.479 e. The first-order valence-corrected chi connectivity index (χ1v) is 4.10. The quantitative estimate of drug-likeness (QED) is 0.655. The summed E-state index contributed by atoms with van der Waals surface area (Å²) in [6, 6.07) is 0. The lowest BCUT2D eigenvalue weighted by Crippen LogP contribution is -2.26. The van der Waals surface area contributed by atoms with E-state index in [2.05, 4.69) is 0 Å². The molecule has 0 amide bonds. The van der Waals surface area contributed by atoms with Crippen molar-refractivity contribution in [2.75, 3.05) is 6.61 Å². The molecule has 0 radical (unpaired) electrons. The van der Waals surface area contributed by atoms with E-state index in [-0.39, 0.29) is 0 Å². The zero-order valence-electron chi connectivity index (χ0n) is 6.75. The lowest BCUT2D eigenvalue weighted by atomic mass is 10.2. The van der Waals surface area contributed by atoms with Crippen LogP contribution in [0, 0.1) is 5.92 Å². The summed E-state index contributed by atoms with van der Waals surface area (Å²) in [4.78, 5) is 10.6. The highest BCUT2D eigenvalue weighted by atomic mass is 16.5. The number of ether oxygens (including phenoxy) is 1. The first kappa shape index (κ1) is 8.53. The van der Waals surface area contributed by atoms with Gasteiger partial charge in [-0.1, -0.05) is 6.92 Å². The van der Waals surface area contributed by atoms with E-state index in [1.807, 2.05) is 6.92 Å². The fourth-order valence-electron chi connectivity index (χ4n) is 1.05. The molecule has 0 bridgehead atoms. The summed E-state index contributed by atoms with van der Waals surface area (Å²) in [6.07, 6.45) is 2.38. The van der Waals surface area contributed by atoms with E-state index >= 15 is 0 Å². The SMILES string of the molecule is CCCOC(C(=O)O)C1CC1. The minimum atomic E-state index is -0.805. The van der Waals surface area contributed by atoms with Gasteiger partial charge in [-0.05, 0) is 25.2 Å². The molecular weight excluding hydrogens is 144 g/mol. The molecule has 3 nitrogen and oxygen atoms in total. The van der Waals surface area contributed by atoms with E-state index in [1.54, 1.807) is 0 Å². The van der Waals surface area contributed by atoms with E-state index in [4.69, 9.17) is 9.84 Å². The molecule has 11 heavy (non-hydrogen) atoms. The van der Waals surface area contributed by atoms with Crippen LogP contribution in [0.1, 0.15) is 26.2 Å². The maximum absolute atomic E-state index is 10.6. The molecule has 1 saturated carbocycles. The van der Waals surface area contributed by atoms with Gasteiger partial charge in [0.25, 0.3) is 0 Å². The summed E-state index contributed by atoms with van der Waals surface area (Å²) in [7, 11) is 0. The van der Waals surface area contributed by atoms with E-state index in [0.717, 1.165) is 19.3 Å². The maximum Gasteiger partial charge on any atom is 0.333 e. The Bertz CT molecular complexity index is 140. The van der Waals surface area contributed by atoms with Gasteiger partial charge in [-0.25, -0.2) is 4.79 Å². The van der Waals surface area contributed by atoms with Crippen molar-refractivity contribution in [1.82, 2.24) is 0 Å². The predicted octanol–water partition coefficient (Wildman–Crippen LogP) is 1.28.